The van der Waals surface area contributed by atoms with Crippen LogP contribution in [0.5, 0.6) is 23.0 Å². The number of methoxy groups -OCH3 is 1. The van der Waals surface area contributed by atoms with Gasteiger partial charge in [-0.3, -0.25) is 14.2 Å². The number of hydrogen-bond donors (Lipinski definition) is 1. The Balaban J connectivity index is 1.95. The molecule has 13 heteroatoms. The second-order valence-corrected chi connectivity index (χ2v) is 11.0. The lowest BCUT2D eigenvalue weighted by Crippen LogP contribution is -2.40. The van der Waals surface area contributed by atoms with Gasteiger partial charge in [0.1, 0.15) is 6.04 Å². The van der Waals surface area contributed by atoms with E-state index in [9.17, 15) is 14.4 Å². The molecule has 4 rings (SSSR count). The lowest BCUT2D eigenvalue weighted by atomic mass is 9.94. The zero-order chi connectivity index (χ0) is 31.3. The minimum Gasteiger partial charge on any atom is -0.493 e. The van der Waals surface area contributed by atoms with E-state index in [1.54, 1.807) is 50.3 Å². The fraction of sp³-hybridized carbons (Fsp3) is 0.333. The summed E-state index contributed by atoms with van der Waals surface area (Å²) in [4.78, 5) is 43.7. The highest BCUT2D eigenvalue weighted by molar-refractivity contribution is 9.10. The first-order valence-electron chi connectivity index (χ1n) is 13.5. The fourth-order valence-corrected chi connectivity index (χ4v) is 6.28. The number of rotatable bonds is 12. The molecule has 0 bridgehead atoms. The van der Waals surface area contributed by atoms with Gasteiger partial charge in [-0.25, -0.2) is 9.79 Å². The quantitative estimate of drug-likeness (QED) is 0.289. The fourth-order valence-electron chi connectivity index (χ4n) is 4.66. The Bertz CT molecular complexity index is 1760. The van der Waals surface area contributed by atoms with Gasteiger partial charge >= 0.3 is 5.97 Å². The summed E-state index contributed by atoms with van der Waals surface area (Å²) in [5.41, 5.74) is 6.72. The SMILES string of the molecule is CCOC(=O)C1=C(C)N=c2s/c(=C/c3cc(Br)c(OCC(N)=O)c(OCC)c3)c(=O)n2[C@@H]1c1cccc(OC)c1OCC. The van der Waals surface area contributed by atoms with Crippen molar-refractivity contribution in [3.05, 3.63) is 76.9 Å². The molecule has 0 unspecified atom stereocenters. The van der Waals surface area contributed by atoms with Crippen molar-refractivity contribution in [2.24, 2.45) is 10.7 Å². The number of ether oxygens (including phenoxy) is 5. The topological polar surface area (TPSA) is 141 Å². The molecule has 0 fully saturated rings. The molecular formula is C30H32BrN3O8S. The van der Waals surface area contributed by atoms with Gasteiger partial charge in [0.2, 0.25) is 0 Å². The Kier molecular flexibility index (Phi) is 10.3. The Labute approximate surface area is 260 Å². The molecule has 1 aliphatic heterocycles. The predicted octanol–water partition coefficient (Wildman–Crippen LogP) is 3.23. The van der Waals surface area contributed by atoms with Crippen LogP contribution in [0.3, 0.4) is 0 Å². The molecule has 2 N–H and O–H groups in total. The van der Waals surface area contributed by atoms with Crippen LogP contribution in [-0.2, 0) is 14.3 Å². The summed E-state index contributed by atoms with van der Waals surface area (Å²) in [6.45, 7) is 7.59. The maximum Gasteiger partial charge on any atom is 0.338 e. The van der Waals surface area contributed by atoms with E-state index in [1.807, 2.05) is 13.8 Å². The molecule has 1 aliphatic rings. The summed E-state index contributed by atoms with van der Waals surface area (Å²) in [5.74, 6) is 0.357. The number of fused-ring (bicyclic) bond motifs is 1. The molecule has 43 heavy (non-hydrogen) atoms. The van der Waals surface area contributed by atoms with Crippen molar-refractivity contribution in [2.45, 2.75) is 33.7 Å². The molecule has 0 saturated carbocycles. The van der Waals surface area contributed by atoms with Gasteiger partial charge in [0.05, 0.1) is 47.2 Å². The molecule has 1 atom stereocenters. The number of para-hydroxylation sites is 1. The molecule has 1 aromatic heterocycles. The van der Waals surface area contributed by atoms with Crippen LogP contribution in [0.4, 0.5) is 0 Å². The van der Waals surface area contributed by atoms with Crippen LogP contribution >= 0.6 is 27.3 Å². The molecular weight excluding hydrogens is 642 g/mol. The molecule has 0 saturated heterocycles. The minimum absolute atomic E-state index is 0.152. The minimum atomic E-state index is -0.885. The summed E-state index contributed by atoms with van der Waals surface area (Å²) in [6, 6.07) is 7.88. The van der Waals surface area contributed by atoms with E-state index in [0.717, 1.165) is 0 Å². The molecule has 0 radical (unpaired) electrons. The first-order chi connectivity index (χ1) is 20.6. The number of thiazole rings is 1. The summed E-state index contributed by atoms with van der Waals surface area (Å²) < 4.78 is 30.6. The number of nitrogens with zero attached hydrogens (tertiary/aromatic N) is 2. The molecule has 11 nitrogen and oxygen atoms in total. The largest absolute Gasteiger partial charge is 0.493 e. The van der Waals surface area contributed by atoms with E-state index in [4.69, 9.17) is 29.4 Å². The zero-order valence-corrected chi connectivity index (χ0v) is 26.8. The van der Waals surface area contributed by atoms with Crippen molar-refractivity contribution in [1.82, 2.24) is 4.57 Å². The summed E-state index contributed by atoms with van der Waals surface area (Å²) in [6.07, 6.45) is 1.70. The van der Waals surface area contributed by atoms with Crippen molar-refractivity contribution in [2.75, 3.05) is 33.5 Å². The Hall–Kier alpha value is -4.10. The van der Waals surface area contributed by atoms with E-state index in [1.165, 1.54) is 23.0 Å². The number of carbonyl (C=O) groups excluding carboxylic acids is 2. The number of amides is 1. The highest BCUT2D eigenvalue weighted by Crippen LogP contribution is 2.41. The smallest absolute Gasteiger partial charge is 0.338 e. The van der Waals surface area contributed by atoms with Crippen LogP contribution in [0.2, 0.25) is 0 Å². The first kappa shape index (κ1) is 31.8. The van der Waals surface area contributed by atoms with E-state index >= 15 is 0 Å². The predicted molar refractivity (Wildman–Crippen MR) is 165 cm³/mol. The van der Waals surface area contributed by atoms with Gasteiger partial charge in [-0.05, 0) is 73.5 Å². The lowest BCUT2D eigenvalue weighted by molar-refractivity contribution is -0.139. The van der Waals surface area contributed by atoms with Gasteiger partial charge in [0.15, 0.2) is 34.4 Å². The van der Waals surface area contributed by atoms with Gasteiger partial charge in [0, 0.05) is 5.56 Å². The average molecular weight is 675 g/mol. The maximum atomic E-state index is 14.1. The van der Waals surface area contributed by atoms with Crippen LogP contribution < -0.4 is 39.6 Å². The molecule has 1 amide bonds. The number of aromatic nitrogens is 1. The molecule has 2 aromatic carbocycles. The zero-order valence-electron chi connectivity index (χ0n) is 24.4. The van der Waals surface area contributed by atoms with Crippen LogP contribution in [0.15, 0.2) is 55.9 Å². The number of primary amides is 1. The first-order valence-corrected chi connectivity index (χ1v) is 15.1. The van der Waals surface area contributed by atoms with Gasteiger partial charge in [0.25, 0.3) is 11.5 Å². The number of benzene rings is 2. The summed E-state index contributed by atoms with van der Waals surface area (Å²) >= 11 is 4.65. The lowest BCUT2D eigenvalue weighted by Gasteiger charge is -2.26. The normalized spacial score (nSPS) is 14.6. The van der Waals surface area contributed by atoms with Gasteiger partial charge < -0.3 is 29.4 Å². The third-order valence-electron chi connectivity index (χ3n) is 6.32. The van der Waals surface area contributed by atoms with E-state index in [-0.39, 0.29) is 24.3 Å². The van der Waals surface area contributed by atoms with Crippen LogP contribution in [-0.4, -0.2) is 50.0 Å². The van der Waals surface area contributed by atoms with Crippen LogP contribution in [0.1, 0.15) is 44.9 Å². The highest BCUT2D eigenvalue weighted by Gasteiger charge is 2.36. The molecule has 228 valence electrons. The van der Waals surface area contributed by atoms with Gasteiger partial charge in [-0.15, -0.1) is 0 Å². The third-order valence-corrected chi connectivity index (χ3v) is 7.89. The summed E-state index contributed by atoms with van der Waals surface area (Å²) in [5, 5.41) is 0. The van der Waals surface area contributed by atoms with Crippen molar-refractivity contribution < 1.29 is 33.3 Å². The highest BCUT2D eigenvalue weighted by atomic mass is 79.9. The van der Waals surface area contributed by atoms with Crippen LogP contribution in [0, 0.1) is 0 Å². The number of nitrogens with two attached hydrogens (primary N) is 1. The van der Waals surface area contributed by atoms with Crippen molar-refractivity contribution in [3.8, 4) is 23.0 Å². The number of esters is 1. The van der Waals surface area contributed by atoms with E-state index < -0.39 is 17.9 Å². The molecule has 0 spiro atoms. The third kappa shape index (κ3) is 6.62. The number of halogens is 1. The van der Waals surface area contributed by atoms with Gasteiger partial charge in [-0.2, -0.15) is 0 Å². The molecule has 0 aliphatic carbocycles. The average Bonchev–Trinajstić information content (AvgIpc) is 3.26. The van der Waals surface area contributed by atoms with Crippen molar-refractivity contribution in [3.63, 3.8) is 0 Å². The number of allylic oxidation sites excluding steroid dienone is 1. The second-order valence-electron chi connectivity index (χ2n) is 9.13. The molecule has 3 aromatic rings. The van der Waals surface area contributed by atoms with Crippen LogP contribution in [0.25, 0.3) is 6.08 Å². The van der Waals surface area contributed by atoms with E-state index in [2.05, 4.69) is 20.9 Å². The second kappa shape index (κ2) is 13.9. The number of hydrogen-bond acceptors (Lipinski definition) is 10. The Morgan fingerprint density at radius 2 is 1.81 bits per heavy atom. The maximum absolute atomic E-state index is 14.1. The standard InChI is InChI=1S/C30H32BrN3O8S/c1-6-39-21-13-17(12-19(31)27(21)42-15-23(32)35)14-22-28(36)34-25(18-10-9-11-20(38-5)26(18)40-7-2)24(29(37)41-8-3)16(4)33-30(34)43-22/h9-14,25H,6-8,15H2,1-5H3,(H2,32,35)/b22-14+/t25-/m1/s1. The monoisotopic (exact) mass is 673 g/mol. The Morgan fingerprint density at radius 3 is 2.47 bits per heavy atom. The van der Waals surface area contributed by atoms with Gasteiger partial charge in [-0.1, -0.05) is 23.5 Å². The van der Waals surface area contributed by atoms with E-state index in [0.29, 0.717) is 66.8 Å². The molecule has 2 heterocycles. The van der Waals surface area contributed by atoms with Crippen molar-refractivity contribution >= 4 is 45.2 Å². The number of carbonyl (C=O) groups is 2. The summed E-state index contributed by atoms with van der Waals surface area (Å²) in [7, 11) is 1.53. The van der Waals surface area contributed by atoms with Crippen molar-refractivity contribution in [1.29, 1.82) is 0 Å². The Morgan fingerprint density at radius 1 is 1.07 bits per heavy atom.